The maximum absolute atomic E-state index is 12.9. The Morgan fingerprint density at radius 3 is 2.50 bits per heavy atom. The van der Waals surface area contributed by atoms with Gasteiger partial charge in [0.25, 0.3) is 5.56 Å². The summed E-state index contributed by atoms with van der Waals surface area (Å²) in [6, 6.07) is 15.1. The third-order valence-electron chi connectivity index (χ3n) is 5.02. The fourth-order valence-electron chi connectivity index (χ4n) is 3.37. The summed E-state index contributed by atoms with van der Waals surface area (Å²) in [6.45, 7) is 8.94. The normalized spacial score (nSPS) is 11.5. The Balaban J connectivity index is 1.57. The fourth-order valence-corrected chi connectivity index (χ4v) is 4.38. The molecule has 0 atom stereocenters. The molecule has 0 amide bonds. The average Bonchev–Trinajstić information content (AvgIpc) is 2.78. The molecule has 7 heteroatoms. The predicted octanol–water partition coefficient (Wildman–Crippen LogP) is 4.86. The van der Waals surface area contributed by atoms with Gasteiger partial charge in [0, 0.05) is 17.9 Å². The molecule has 1 aromatic heterocycles. The summed E-state index contributed by atoms with van der Waals surface area (Å²) in [5.74, 6) is 1.32. The highest BCUT2D eigenvalue weighted by atomic mass is 32.2. The number of fused-ring (bicyclic) bond motifs is 1. The molecule has 3 aromatic rings. The molecule has 0 fully saturated rings. The number of aryl methyl sites for hydroxylation is 1. The number of esters is 1. The van der Waals surface area contributed by atoms with Crippen LogP contribution in [0.4, 0.5) is 0 Å². The molecule has 1 heterocycles. The molecule has 0 saturated carbocycles. The van der Waals surface area contributed by atoms with Crippen molar-refractivity contribution in [1.29, 1.82) is 0 Å². The Morgan fingerprint density at radius 1 is 1.09 bits per heavy atom. The van der Waals surface area contributed by atoms with Gasteiger partial charge in [-0.3, -0.25) is 14.2 Å². The van der Waals surface area contributed by atoms with Gasteiger partial charge in [-0.1, -0.05) is 19.1 Å². The van der Waals surface area contributed by atoms with Gasteiger partial charge in [-0.2, -0.15) is 0 Å². The molecule has 3 rings (SSSR count). The summed E-state index contributed by atoms with van der Waals surface area (Å²) < 4.78 is 12.1. The first-order valence-corrected chi connectivity index (χ1v) is 11.7. The van der Waals surface area contributed by atoms with Crippen LogP contribution in [-0.4, -0.2) is 33.5 Å². The molecule has 0 bridgehead atoms. The van der Waals surface area contributed by atoms with Crippen molar-refractivity contribution < 1.29 is 14.3 Å². The minimum Gasteiger partial charge on any atom is -0.494 e. The Bertz CT molecular complexity index is 1120. The molecule has 32 heavy (non-hydrogen) atoms. The number of benzene rings is 2. The second kappa shape index (κ2) is 10.7. The summed E-state index contributed by atoms with van der Waals surface area (Å²) >= 11 is 1.46. The monoisotopic (exact) mass is 454 g/mol. The molecule has 0 unspecified atom stereocenters. The van der Waals surface area contributed by atoms with Crippen LogP contribution < -0.4 is 10.3 Å². The number of carbonyl (C=O) groups excluding carboxylic acids is 1. The standard InChI is InChI=1S/C25H30N2O4S/c1-5-22-26-21-11-8-7-10-20(21)23(28)27(22)16-9-17-31-18-12-14-19(15-13-18)32-25(3,4)24(29)30-6-2/h7-8,10-15H,5-6,9,16-17H2,1-4H3. The second-order valence-corrected chi connectivity index (χ2v) is 9.56. The van der Waals surface area contributed by atoms with Gasteiger partial charge in [-0.05, 0) is 63.6 Å². The molecule has 0 aliphatic heterocycles. The highest BCUT2D eigenvalue weighted by Crippen LogP contribution is 2.34. The molecule has 0 spiro atoms. The molecular weight excluding hydrogens is 424 g/mol. The van der Waals surface area contributed by atoms with Crippen LogP contribution in [0.3, 0.4) is 0 Å². The van der Waals surface area contributed by atoms with Gasteiger partial charge in [0.15, 0.2) is 0 Å². The van der Waals surface area contributed by atoms with Crippen LogP contribution in [0.5, 0.6) is 5.75 Å². The van der Waals surface area contributed by atoms with Crippen molar-refractivity contribution in [3.05, 3.63) is 64.7 Å². The molecular formula is C25H30N2O4S. The topological polar surface area (TPSA) is 70.4 Å². The fraction of sp³-hybridized carbons (Fsp3) is 0.400. The van der Waals surface area contributed by atoms with E-state index in [4.69, 9.17) is 9.47 Å². The van der Waals surface area contributed by atoms with E-state index in [9.17, 15) is 9.59 Å². The summed E-state index contributed by atoms with van der Waals surface area (Å²) in [5, 5.41) is 0.643. The van der Waals surface area contributed by atoms with Gasteiger partial charge < -0.3 is 9.47 Å². The number of para-hydroxylation sites is 1. The zero-order valence-corrected chi connectivity index (χ0v) is 19.9. The van der Waals surface area contributed by atoms with Crippen LogP contribution in [-0.2, 0) is 22.5 Å². The lowest BCUT2D eigenvalue weighted by Gasteiger charge is -2.21. The van der Waals surface area contributed by atoms with Gasteiger partial charge in [0.1, 0.15) is 16.3 Å². The van der Waals surface area contributed by atoms with Crippen molar-refractivity contribution in [3.8, 4) is 5.75 Å². The van der Waals surface area contributed by atoms with Crippen molar-refractivity contribution in [3.63, 3.8) is 0 Å². The van der Waals surface area contributed by atoms with Crippen molar-refractivity contribution in [2.45, 2.75) is 56.7 Å². The Labute approximate surface area is 193 Å². The number of hydrogen-bond donors (Lipinski definition) is 0. The predicted molar refractivity (Wildman–Crippen MR) is 129 cm³/mol. The lowest BCUT2D eigenvalue weighted by Crippen LogP contribution is -2.29. The third kappa shape index (κ3) is 5.71. The Hall–Kier alpha value is -2.80. The third-order valence-corrected chi connectivity index (χ3v) is 6.20. The number of carbonyl (C=O) groups is 1. The SMILES string of the molecule is CCOC(=O)C(C)(C)Sc1ccc(OCCCn2c(CC)nc3ccccc3c2=O)cc1. The number of ether oxygens (including phenoxy) is 2. The van der Waals surface area contributed by atoms with E-state index in [1.54, 1.807) is 11.5 Å². The maximum atomic E-state index is 12.9. The van der Waals surface area contributed by atoms with Crippen molar-refractivity contribution in [2.24, 2.45) is 0 Å². The minimum absolute atomic E-state index is 0.00181. The lowest BCUT2D eigenvalue weighted by atomic mass is 10.2. The summed E-state index contributed by atoms with van der Waals surface area (Å²) in [4.78, 5) is 30.5. The maximum Gasteiger partial charge on any atom is 0.321 e. The molecule has 0 N–H and O–H groups in total. The van der Waals surface area contributed by atoms with E-state index in [0.717, 1.165) is 22.0 Å². The lowest BCUT2D eigenvalue weighted by molar-refractivity contribution is -0.145. The molecule has 0 aliphatic carbocycles. The first-order valence-electron chi connectivity index (χ1n) is 10.9. The highest BCUT2D eigenvalue weighted by Gasteiger charge is 2.30. The van der Waals surface area contributed by atoms with Crippen LogP contribution >= 0.6 is 11.8 Å². The molecule has 0 aliphatic rings. The van der Waals surface area contributed by atoms with E-state index in [1.807, 2.05) is 69.3 Å². The van der Waals surface area contributed by atoms with Gasteiger partial charge >= 0.3 is 5.97 Å². The van der Waals surface area contributed by atoms with Gasteiger partial charge in [0.2, 0.25) is 0 Å². The van der Waals surface area contributed by atoms with E-state index >= 15 is 0 Å². The summed E-state index contributed by atoms with van der Waals surface area (Å²) in [5.41, 5.74) is 0.740. The van der Waals surface area contributed by atoms with E-state index in [2.05, 4.69) is 4.98 Å². The number of aromatic nitrogens is 2. The minimum atomic E-state index is -0.656. The van der Waals surface area contributed by atoms with Crippen LogP contribution in [0.15, 0.2) is 58.2 Å². The van der Waals surface area contributed by atoms with Crippen LogP contribution in [0.25, 0.3) is 10.9 Å². The average molecular weight is 455 g/mol. The number of hydrogen-bond acceptors (Lipinski definition) is 6. The Morgan fingerprint density at radius 2 is 1.81 bits per heavy atom. The summed E-state index contributed by atoms with van der Waals surface area (Å²) in [6.07, 6.45) is 1.39. The van der Waals surface area contributed by atoms with Gasteiger partial charge in [-0.15, -0.1) is 11.8 Å². The highest BCUT2D eigenvalue weighted by molar-refractivity contribution is 8.01. The van der Waals surface area contributed by atoms with Crippen molar-refractivity contribution in [2.75, 3.05) is 13.2 Å². The first-order chi connectivity index (χ1) is 15.4. The smallest absolute Gasteiger partial charge is 0.321 e. The van der Waals surface area contributed by atoms with E-state index in [-0.39, 0.29) is 11.5 Å². The molecule has 6 nitrogen and oxygen atoms in total. The van der Waals surface area contributed by atoms with Gasteiger partial charge in [-0.25, -0.2) is 4.98 Å². The number of nitrogens with zero attached hydrogens (tertiary/aromatic N) is 2. The molecule has 0 saturated heterocycles. The zero-order chi connectivity index (χ0) is 23.1. The first kappa shape index (κ1) is 23.9. The van der Waals surface area contributed by atoms with E-state index < -0.39 is 4.75 Å². The van der Waals surface area contributed by atoms with Gasteiger partial charge in [0.05, 0.1) is 24.1 Å². The molecule has 2 aromatic carbocycles. The van der Waals surface area contributed by atoms with Crippen molar-refractivity contribution in [1.82, 2.24) is 9.55 Å². The van der Waals surface area contributed by atoms with Crippen LogP contribution in [0, 0.1) is 0 Å². The van der Waals surface area contributed by atoms with E-state index in [0.29, 0.717) is 38.0 Å². The zero-order valence-electron chi connectivity index (χ0n) is 19.1. The molecule has 0 radical (unpaired) electrons. The number of thioether (sulfide) groups is 1. The Kier molecular flexibility index (Phi) is 7.96. The van der Waals surface area contributed by atoms with Crippen LogP contribution in [0.2, 0.25) is 0 Å². The van der Waals surface area contributed by atoms with Crippen molar-refractivity contribution >= 4 is 28.6 Å². The molecule has 170 valence electrons. The van der Waals surface area contributed by atoms with E-state index in [1.165, 1.54) is 11.8 Å². The summed E-state index contributed by atoms with van der Waals surface area (Å²) in [7, 11) is 0. The largest absolute Gasteiger partial charge is 0.494 e. The second-order valence-electron chi connectivity index (χ2n) is 7.86. The van der Waals surface area contributed by atoms with Crippen LogP contribution in [0.1, 0.15) is 39.9 Å². The number of rotatable bonds is 10. The quantitative estimate of drug-likeness (QED) is 0.247.